The van der Waals surface area contributed by atoms with Crippen LogP contribution in [0.1, 0.15) is 34.9 Å². The van der Waals surface area contributed by atoms with Crippen molar-refractivity contribution in [3.63, 3.8) is 0 Å². The highest BCUT2D eigenvalue weighted by molar-refractivity contribution is 5.89. The van der Waals surface area contributed by atoms with Gasteiger partial charge in [0.15, 0.2) is 5.82 Å². The summed E-state index contributed by atoms with van der Waals surface area (Å²) in [5, 5.41) is 4.09. The van der Waals surface area contributed by atoms with Gasteiger partial charge in [0.25, 0.3) is 0 Å². The normalized spacial score (nSPS) is 18.1. The summed E-state index contributed by atoms with van der Waals surface area (Å²) >= 11 is 0. The topological polar surface area (TPSA) is 71.7 Å². The van der Waals surface area contributed by atoms with E-state index in [1.807, 2.05) is 24.3 Å². The molecule has 0 N–H and O–H groups in total. The fourth-order valence-corrected chi connectivity index (χ4v) is 3.30. The molecule has 1 saturated heterocycles. The van der Waals surface area contributed by atoms with Gasteiger partial charge in [-0.3, -0.25) is 4.90 Å². The van der Waals surface area contributed by atoms with Gasteiger partial charge in [0.2, 0.25) is 5.89 Å². The van der Waals surface area contributed by atoms with Gasteiger partial charge >= 0.3 is 5.97 Å². The van der Waals surface area contributed by atoms with Gasteiger partial charge in [-0.15, -0.1) is 0 Å². The number of benzene rings is 1. The molecular weight excluding hydrogens is 332 g/mol. The van der Waals surface area contributed by atoms with Crippen molar-refractivity contribution in [1.82, 2.24) is 15.0 Å². The Morgan fingerprint density at radius 2 is 1.92 bits per heavy atom. The summed E-state index contributed by atoms with van der Waals surface area (Å²) < 4.78 is 10.1. The molecule has 0 radical (unpaired) electrons. The first kappa shape index (κ1) is 17.0. The van der Waals surface area contributed by atoms with Crippen LogP contribution in [0.3, 0.4) is 0 Å². The van der Waals surface area contributed by atoms with Gasteiger partial charge in [-0.2, -0.15) is 4.98 Å². The number of hydrogen-bond acceptors (Lipinski definition) is 7. The Morgan fingerprint density at radius 1 is 1.19 bits per heavy atom. The van der Waals surface area contributed by atoms with Crippen LogP contribution in [0.2, 0.25) is 0 Å². The second-order valence-corrected chi connectivity index (χ2v) is 7.05. The molecule has 1 aliphatic heterocycles. The van der Waals surface area contributed by atoms with Crippen molar-refractivity contribution in [1.29, 1.82) is 0 Å². The van der Waals surface area contributed by atoms with Gasteiger partial charge in [0.05, 0.1) is 19.2 Å². The van der Waals surface area contributed by atoms with Crippen molar-refractivity contribution in [2.24, 2.45) is 5.92 Å². The van der Waals surface area contributed by atoms with Crippen LogP contribution in [0.25, 0.3) is 0 Å². The molecule has 1 aromatic carbocycles. The van der Waals surface area contributed by atoms with Crippen LogP contribution in [-0.2, 0) is 17.7 Å². The molecule has 2 fully saturated rings. The van der Waals surface area contributed by atoms with Crippen molar-refractivity contribution in [3.05, 3.63) is 41.5 Å². The molecule has 26 heavy (non-hydrogen) atoms. The molecule has 1 aromatic heterocycles. The molecule has 7 nitrogen and oxygen atoms in total. The van der Waals surface area contributed by atoms with Crippen LogP contribution in [-0.4, -0.2) is 54.3 Å². The average molecular weight is 356 g/mol. The third-order valence-electron chi connectivity index (χ3n) is 5.06. The first-order valence-electron chi connectivity index (χ1n) is 9.18. The molecule has 2 aliphatic rings. The first-order valence-corrected chi connectivity index (χ1v) is 9.18. The molecule has 1 aliphatic carbocycles. The number of anilines is 1. The summed E-state index contributed by atoms with van der Waals surface area (Å²) in [5.41, 5.74) is 1.70. The van der Waals surface area contributed by atoms with Crippen molar-refractivity contribution in [3.8, 4) is 0 Å². The fraction of sp³-hybridized carbons (Fsp3) is 0.526. The lowest BCUT2D eigenvalue weighted by atomic mass is 10.2. The summed E-state index contributed by atoms with van der Waals surface area (Å²) in [7, 11) is 1.40. The summed E-state index contributed by atoms with van der Waals surface area (Å²) in [6.45, 7) is 4.46. The Balaban J connectivity index is 1.28. The molecule has 0 spiro atoms. The number of rotatable bonds is 6. The van der Waals surface area contributed by atoms with E-state index in [1.54, 1.807) is 0 Å². The van der Waals surface area contributed by atoms with Crippen LogP contribution in [0.15, 0.2) is 28.8 Å². The Hall–Kier alpha value is -2.41. The minimum Gasteiger partial charge on any atom is -0.465 e. The van der Waals surface area contributed by atoms with E-state index in [4.69, 9.17) is 9.26 Å². The molecule has 138 valence electrons. The van der Waals surface area contributed by atoms with Crippen LogP contribution in [0.4, 0.5) is 5.69 Å². The van der Waals surface area contributed by atoms with Crippen molar-refractivity contribution < 1.29 is 14.1 Å². The number of aromatic nitrogens is 2. The molecule has 7 heteroatoms. The minimum absolute atomic E-state index is 0.304. The van der Waals surface area contributed by atoms with Crippen molar-refractivity contribution in [2.45, 2.75) is 25.8 Å². The highest BCUT2D eigenvalue weighted by Gasteiger charge is 2.25. The highest BCUT2D eigenvalue weighted by atomic mass is 16.5. The summed E-state index contributed by atoms with van der Waals surface area (Å²) in [4.78, 5) is 20.7. The minimum atomic E-state index is -0.304. The summed E-state index contributed by atoms with van der Waals surface area (Å²) in [5.74, 6) is 2.04. The lowest BCUT2D eigenvalue weighted by Crippen LogP contribution is -2.46. The lowest BCUT2D eigenvalue weighted by Gasteiger charge is -2.35. The van der Waals surface area contributed by atoms with Crippen molar-refractivity contribution >= 4 is 11.7 Å². The molecule has 0 amide bonds. The predicted molar refractivity (Wildman–Crippen MR) is 96.0 cm³/mol. The molecule has 0 bridgehead atoms. The zero-order valence-electron chi connectivity index (χ0n) is 15.1. The molecule has 2 heterocycles. The van der Waals surface area contributed by atoms with E-state index in [1.165, 1.54) is 20.0 Å². The number of carbonyl (C=O) groups is 1. The fourth-order valence-electron chi connectivity index (χ4n) is 3.30. The zero-order valence-corrected chi connectivity index (χ0v) is 15.1. The van der Waals surface area contributed by atoms with Gasteiger partial charge in [0, 0.05) is 38.3 Å². The van der Waals surface area contributed by atoms with Crippen molar-refractivity contribution in [2.75, 3.05) is 38.2 Å². The molecular formula is C19H24N4O3. The third-order valence-corrected chi connectivity index (χ3v) is 5.06. The van der Waals surface area contributed by atoms with Crippen LogP contribution < -0.4 is 4.90 Å². The number of carbonyl (C=O) groups excluding carboxylic acids is 1. The second-order valence-electron chi connectivity index (χ2n) is 7.05. The van der Waals surface area contributed by atoms with Gasteiger partial charge in [0.1, 0.15) is 0 Å². The molecule has 4 rings (SSSR count). The number of ether oxygens (including phenoxy) is 1. The molecule has 0 atom stereocenters. The SMILES string of the molecule is COC(=O)c1ccc(N2CCN(Cc3nc(CC4CC4)no3)CC2)cc1. The number of methoxy groups -OCH3 is 1. The maximum Gasteiger partial charge on any atom is 0.337 e. The largest absolute Gasteiger partial charge is 0.465 e. The highest BCUT2D eigenvalue weighted by Crippen LogP contribution is 2.31. The standard InChI is InChI=1S/C19H24N4O3/c1-25-19(24)15-4-6-16(7-5-15)23-10-8-22(9-11-23)13-18-20-17(21-26-18)12-14-2-3-14/h4-7,14H,2-3,8-13H2,1H3. The molecule has 2 aromatic rings. The van der Waals surface area contributed by atoms with Gasteiger partial charge in [-0.25, -0.2) is 4.79 Å². The smallest absolute Gasteiger partial charge is 0.337 e. The maximum atomic E-state index is 11.5. The monoisotopic (exact) mass is 356 g/mol. The third kappa shape index (κ3) is 4.04. The lowest BCUT2D eigenvalue weighted by molar-refractivity contribution is 0.0601. The maximum absolute atomic E-state index is 11.5. The molecule has 0 unspecified atom stereocenters. The number of hydrogen-bond donors (Lipinski definition) is 0. The quantitative estimate of drug-likeness (QED) is 0.734. The summed E-state index contributed by atoms with van der Waals surface area (Å²) in [6, 6.07) is 7.58. The van der Waals surface area contributed by atoms with E-state index in [0.717, 1.165) is 55.9 Å². The van der Waals surface area contributed by atoms with E-state index in [2.05, 4.69) is 19.9 Å². The van der Waals surface area contributed by atoms with Crippen LogP contribution in [0.5, 0.6) is 0 Å². The second kappa shape index (κ2) is 7.45. The van der Waals surface area contributed by atoms with E-state index in [-0.39, 0.29) is 5.97 Å². The van der Waals surface area contributed by atoms with Gasteiger partial charge in [-0.1, -0.05) is 5.16 Å². The van der Waals surface area contributed by atoms with E-state index < -0.39 is 0 Å². The summed E-state index contributed by atoms with van der Waals surface area (Å²) in [6.07, 6.45) is 3.55. The first-order chi connectivity index (χ1) is 12.7. The number of nitrogens with zero attached hydrogens (tertiary/aromatic N) is 4. The number of piperazine rings is 1. The zero-order chi connectivity index (χ0) is 17.9. The van der Waals surface area contributed by atoms with Crippen LogP contribution >= 0.6 is 0 Å². The predicted octanol–water partition coefficient (Wildman–Crippen LogP) is 2.13. The average Bonchev–Trinajstić information content (AvgIpc) is 3.39. The van der Waals surface area contributed by atoms with Gasteiger partial charge in [-0.05, 0) is 43.0 Å². The Morgan fingerprint density at radius 3 is 2.58 bits per heavy atom. The van der Waals surface area contributed by atoms with Crippen LogP contribution in [0, 0.1) is 5.92 Å². The van der Waals surface area contributed by atoms with Gasteiger partial charge < -0.3 is 14.2 Å². The van der Waals surface area contributed by atoms with E-state index in [0.29, 0.717) is 12.1 Å². The van der Waals surface area contributed by atoms with E-state index in [9.17, 15) is 4.79 Å². The Labute approximate surface area is 152 Å². The Kier molecular flexibility index (Phi) is 4.88. The Bertz CT molecular complexity index is 746. The molecule has 1 saturated carbocycles. The number of esters is 1. The van der Waals surface area contributed by atoms with E-state index >= 15 is 0 Å².